The first-order valence-electron chi connectivity index (χ1n) is 14.0. The lowest BCUT2D eigenvalue weighted by Gasteiger charge is -2.44. The third kappa shape index (κ3) is 5.87. The zero-order chi connectivity index (χ0) is 29.2. The SMILES string of the molecule is Cc1ccc(Cl)cc1NC(=O)c1ccc(N2CC3CC(C2)c2cccc(=O)n2C3)c(NC(=O)C=Cc2ccccc2)c1. The maximum absolute atomic E-state index is 13.3. The number of nitrogens with one attached hydrogen (secondary N) is 2. The number of amides is 2. The molecule has 2 atom stereocenters. The van der Waals surface area contributed by atoms with Crippen LogP contribution in [-0.2, 0) is 11.3 Å². The van der Waals surface area contributed by atoms with Gasteiger partial charge in [-0.2, -0.15) is 0 Å². The first kappa shape index (κ1) is 27.5. The molecule has 2 bridgehead atoms. The van der Waals surface area contributed by atoms with Crippen LogP contribution in [-0.4, -0.2) is 29.5 Å². The molecule has 1 fully saturated rings. The molecule has 0 aliphatic carbocycles. The number of carbonyl (C=O) groups is 2. The average Bonchev–Trinajstić information content (AvgIpc) is 2.99. The number of nitrogens with zero attached hydrogens (tertiary/aromatic N) is 2. The summed E-state index contributed by atoms with van der Waals surface area (Å²) in [5, 5.41) is 6.51. The molecule has 3 aromatic carbocycles. The van der Waals surface area contributed by atoms with E-state index in [2.05, 4.69) is 15.5 Å². The van der Waals surface area contributed by atoms with Gasteiger partial charge >= 0.3 is 0 Å². The van der Waals surface area contributed by atoms with E-state index < -0.39 is 0 Å². The normalized spacial score (nSPS) is 17.5. The van der Waals surface area contributed by atoms with Gasteiger partial charge in [0.05, 0.1) is 11.4 Å². The second-order valence-electron chi connectivity index (χ2n) is 11.0. The fourth-order valence-corrected chi connectivity index (χ4v) is 6.15. The Morgan fingerprint density at radius 1 is 0.881 bits per heavy atom. The van der Waals surface area contributed by atoms with Crippen LogP contribution in [0.4, 0.5) is 17.1 Å². The molecule has 4 aromatic rings. The van der Waals surface area contributed by atoms with E-state index in [1.54, 1.807) is 36.4 Å². The molecule has 0 spiro atoms. The molecular weight excluding hydrogens is 548 g/mol. The molecule has 212 valence electrons. The Balaban J connectivity index is 1.31. The Labute approximate surface area is 249 Å². The second kappa shape index (κ2) is 11.7. The maximum Gasteiger partial charge on any atom is 0.255 e. The van der Waals surface area contributed by atoms with E-state index in [0.29, 0.717) is 41.0 Å². The predicted molar refractivity (Wildman–Crippen MR) is 168 cm³/mol. The lowest BCUT2D eigenvalue weighted by atomic mass is 9.83. The van der Waals surface area contributed by atoms with Gasteiger partial charge in [-0.05, 0) is 72.9 Å². The van der Waals surface area contributed by atoms with Gasteiger partial charge in [-0.15, -0.1) is 0 Å². The van der Waals surface area contributed by atoms with Gasteiger partial charge in [-0.1, -0.05) is 54.1 Å². The Morgan fingerprint density at radius 2 is 1.71 bits per heavy atom. The minimum Gasteiger partial charge on any atom is -0.369 e. The number of rotatable bonds is 6. The highest BCUT2D eigenvalue weighted by Gasteiger charge is 2.35. The molecule has 6 rings (SSSR count). The van der Waals surface area contributed by atoms with Crippen molar-refractivity contribution in [1.82, 2.24) is 4.57 Å². The molecule has 2 amide bonds. The van der Waals surface area contributed by atoms with Crippen LogP contribution >= 0.6 is 11.6 Å². The molecule has 1 saturated heterocycles. The summed E-state index contributed by atoms with van der Waals surface area (Å²) in [7, 11) is 0. The average molecular weight is 579 g/mol. The van der Waals surface area contributed by atoms with Crippen molar-refractivity contribution in [2.45, 2.75) is 25.8 Å². The number of carbonyl (C=O) groups excluding carboxylic acids is 2. The lowest BCUT2D eigenvalue weighted by Crippen LogP contribution is -2.47. The fourth-order valence-electron chi connectivity index (χ4n) is 5.98. The smallest absolute Gasteiger partial charge is 0.255 e. The van der Waals surface area contributed by atoms with Crippen molar-refractivity contribution in [3.8, 4) is 0 Å². The van der Waals surface area contributed by atoms with Gasteiger partial charge in [0.15, 0.2) is 0 Å². The van der Waals surface area contributed by atoms with E-state index in [9.17, 15) is 14.4 Å². The fraction of sp³-hybridized carbons (Fsp3) is 0.206. The summed E-state index contributed by atoms with van der Waals surface area (Å²) in [6.45, 7) is 4.02. The van der Waals surface area contributed by atoms with Crippen LogP contribution in [0.3, 0.4) is 0 Å². The van der Waals surface area contributed by atoms with Crippen molar-refractivity contribution < 1.29 is 9.59 Å². The first-order chi connectivity index (χ1) is 20.3. The van der Waals surface area contributed by atoms with Crippen LogP contribution < -0.4 is 21.1 Å². The Morgan fingerprint density at radius 3 is 2.55 bits per heavy atom. The van der Waals surface area contributed by atoms with Crippen molar-refractivity contribution >= 4 is 46.6 Å². The summed E-state index contributed by atoms with van der Waals surface area (Å²) in [5.74, 6) is -0.100. The van der Waals surface area contributed by atoms with Crippen molar-refractivity contribution in [1.29, 1.82) is 0 Å². The molecule has 1 aromatic heterocycles. The van der Waals surface area contributed by atoms with Crippen LogP contribution in [0.25, 0.3) is 6.08 Å². The highest BCUT2D eigenvalue weighted by atomic mass is 35.5. The summed E-state index contributed by atoms with van der Waals surface area (Å²) in [4.78, 5) is 41.2. The molecule has 0 saturated carbocycles. The molecule has 7 nitrogen and oxygen atoms in total. The highest BCUT2D eigenvalue weighted by Crippen LogP contribution is 2.39. The van der Waals surface area contributed by atoms with Gasteiger partial charge < -0.3 is 20.1 Å². The van der Waals surface area contributed by atoms with E-state index in [-0.39, 0.29) is 23.3 Å². The van der Waals surface area contributed by atoms with Crippen molar-refractivity contribution in [2.75, 3.05) is 28.6 Å². The molecular formula is C34H31ClN4O3. The summed E-state index contributed by atoms with van der Waals surface area (Å²) >= 11 is 6.16. The van der Waals surface area contributed by atoms with Gasteiger partial charge in [0.1, 0.15) is 0 Å². The van der Waals surface area contributed by atoms with Crippen molar-refractivity contribution in [3.05, 3.63) is 129 Å². The van der Waals surface area contributed by atoms with Crippen molar-refractivity contribution in [3.63, 3.8) is 0 Å². The number of anilines is 3. The summed E-state index contributed by atoms with van der Waals surface area (Å²) in [5.41, 5.74) is 5.33. The monoisotopic (exact) mass is 578 g/mol. The number of piperidine rings is 1. The minimum atomic E-state index is -0.300. The van der Waals surface area contributed by atoms with E-state index in [4.69, 9.17) is 11.6 Å². The van der Waals surface area contributed by atoms with Gasteiger partial charge in [0, 0.05) is 59.7 Å². The molecule has 2 unspecified atom stereocenters. The number of aryl methyl sites for hydroxylation is 1. The maximum atomic E-state index is 13.3. The van der Waals surface area contributed by atoms with E-state index in [0.717, 1.165) is 35.5 Å². The van der Waals surface area contributed by atoms with Crippen LogP contribution in [0, 0.1) is 12.8 Å². The number of fused-ring (bicyclic) bond motifs is 4. The molecule has 0 radical (unpaired) electrons. The zero-order valence-electron chi connectivity index (χ0n) is 23.2. The predicted octanol–water partition coefficient (Wildman–Crippen LogP) is 6.34. The number of hydrogen-bond acceptors (Lipinski definition) is 4. The molecule has 2 N–H and O–H groups in total. The summed E-state index contributed by atoms with van der Waals surface area (Å²) in [6, 6.07) is 25.8. The lowest BCUT2D eigenvalue weighted by molar-refractivity contribution is -0.111. The Bertz CT molecular complexity index is 1750. The molecule has 8 heteroatoms. The van der Waals surface area contributed by atoms with Crippen LogP contribution in [0.1, 0.15) is 39.5 Å². The number of halogens is 1. The highest BCUT2D eigenvalue weighted by molar-refractivity contribution is 6.31. The minimum absolute atomic E-state index is 0.0408. The second-order valence-corrected chi connectivity index (χ2v) is 11.4. The number of hydrogen-bond donors (Lipinski definition) is 2. The number of pyridine rings is 1. The largest absolute Gasteiger partial charge is 0.369 e. The third-order valence-corrected chi connectivity index (χ3v) is 8.25. The summed E-state index contributed by atoms with van der Waals surface area (Å²) in [6.07, 6.45) is 4.27. The van der Waals surface area contributed by atoms with E-state index in [1.165, 1.54) is 6.08 Å². The number of benzene rings is 3. The Kier molecular flexibility index (Phi) is 7.68. The Hall–Kier alpha value is -4.62. The van der Waals surface area contributed by atoms with Crippen LogP contribution in [0.5, 0.6) is 0 Å². The van der Waals surface area contributed by atoms with Crippen LogP contribution in [0.15, 0.2) is 95.8 Å². The molecule has 3 heterocycles. The molecule has 2 aliphatic heterocycles. The van der Waals surface area contributed by atoms with Gasteiger partial charge in [0.25, 0.3) is 11.5 Å². The zero-order valence-corrected chi connectivity index (χ0v) is 24.0. The van der Waals surface area contributed by atoms with Gasteiger partial charge in [-0.3, -0.25) is 14.4 Å². The van der Waals surface area contributed by atoms with Crippen LogP contribution in [0.2, 0.25) is 5.02 Å². The molecule has 2 aliphatic rings. The van der Waals surface area contributed by atoms with Gasteiger partial charge in [-0.25, -0.2) is 0 Å². The molecule has 42 heavy (non-hydrogen) atoms. The number of aromatic nitrogens is 1. The van der Waals surface area contributed by atoms with Gasteiger partial charge in [0.2, 0.25) is 5.91 Å². The third-order valence-electron chi connectivity index (χ3n) is 8.01. The standard InChI is InChI=1S/C34H31ClN4O3/c1-22-10-13-27(35)18-28(22)37-34(42)25-12-14-31(29(17-25)36-32(40)15-11-23-6-3-2-4-7-23)38-19-24-16-26(21-38)30-8-5-9-33(41)39(30)20-24/h2-15,17-18,24,26H,16,19-21H2,1H3,(H,36,40)(H,37,42). The quantitative estimate of drug-likeness (QED) is 0.262. The first-order valence-corrected chi connectivity index (χ1v) is 14.4. The van der Waals surface area contributed by atoms with E-state index >= 15 is 0 Å². The topological polar surface area (TPSA) is 83.4 Å². The van der Waals surface area contributed by atoms with Crippen molar-refractivity contribution in [2.24, 2.45) is 5.92 Å². The summed E-state index contributed by atoms with van der Waals surface area (Å²) < 4.78 is 1.90. The van der Waals surface area contributed by atoms with E-state index in [1.807, 2.05) is 66.1 Å².